The molecule has 5 heteroatoms. The zero-order valence-electron chi connectivity index (χ0n) is 15.2. The first-order valence-corrected chi connectivity index (χ1v) is 9.52. The number of nitrogens with one attached hydrogen (secondary N) is 1. The Balaban J connectivity index is 1.51. The van der Waals surface area contributed by atoms with Crippen LogP contribution in [0.5, 0.6) is 5.75 Å². The molecule has 2 aliphatic rings. The molecule has 1 aromatic heterocycles. The maximum Gasteiger partial charge on any atom is 0.120 e. The summed E-state index contributed by atoms with van der Waals surface area (Å²) in [4.78, 5) is 2.52. The van der Waals surface area contributed by atoms with Gasteiger partial charge in [0, 0.05) is 48.8 Å². The fraction of sp³-hybridized carbons (Fsp3) is 0.600. The molecule has 1 saturated heterocycles. The van der Waals surface area contributed by atoms with Crippen LogP contribution in [0.15, 0.2) is 24.3 Å². The van der Waals surface area contributed by atoms with E-state index in [-0.39, 0.29) is 12.6 Å². The summed E-state index contributed by atoms with van der Waals surface area (Å²) >= 11 is 0. The lowest BCUT2D eigenvalue weighted by Crippen LogP contribution is -2.41. The molecule has 1 aromatic carbocycles. The quantitative estimate of drug-likeness (QED) is 0.896. The van der Waals surface area contributed by atoms with Crippen LogP contribution in [0, 0.1) is 0 Å². The molecule has 25 heavy (non-hydrogen) atoms. The van der Waals surface area contributed by atoms with Crippen LogP contribution in [0.25, 0.3) is 10.9 Å². The minimum Gasteiger partial charge on any atom is -0.490 e. The van der Waals surface area contributed by atoms with Crippen molar-refractivity contribution in [2.45, 2.75) is 51.4 Å². The summed E-state index contributed by atoms with van der Waals surface area (Å²) < 4.78 is 8.55. The van der Waals surface area contributed by atoms with Crippen LogP contribution in [0.4, 0.5) is 0 Å². The molecule has 0 aliphatic carbocycles. The second kappa shape index (κ2) is 6.98. The second-order valence-electron chi connectivity index (χ2n) is 7.64. The highest BCUT2D eigenvalue weighted by atomic mass is 16.5. The van der Waals surface area contributed by atoms with Crippen molar-refractivity contribution in [2.75, 3.05) is 26.2 Å². The maximum absolute atomic E-state index is 9.66. The Labute approximate surface area is 149 Å². The van der Waals surface area contributed by atoms with Crippen molar-refractivity contribution >= 4 is 10.9 Å². The highest BCUT2D eigenvalue weighted by Crippen LogP contribution is 2.30. The van der Waals surface area contributed by atoms with Crippen molar-refractivity contribution in [2.24, 2.45) is 0 Å². The van der Waals surface area contributed by atoms with E-state index in [0.29, 0.717) is 12.1 Å². The molecular weight excluding hydrogens is 314 g/mol. The number of piperidine rings is 1. The zero-order valence-corrected chi connectivity index (χ0v) is 15.2. The molecule has 0 bridgehead atoms. The van der Waals surface area contributed by atoms with Crippen molar-refractivity contribution in [3.63, 3.8) is 0 Å². The molecule has 0 spiro atoms. The van der Waals surface area contributed by atoms with E-state index in [1.807, 2.05) is 0 Å². The minimum absolute atomic E-state index is 0.119. The van der Waals surface area contributed by atoms with Crippen LogP contribution in [0.2, 0.25) is 0 Å². The molecule has 136 valence electrons. The first-order valence-electron chi connectivity index (χ1n) is 9.52. The van der Waals surface area contributed by atoms with Gasteiger partial charge in [0.25, 0.3) is 0 Å². The van der Waals surface area contributed by atoms with Crippen LogP contribution in [-0.4, -0.2) is 53.0 Å². The summed E-state index contributed by atoms with van der Waals surface area (Å²) in [7, 11) is 0. The van der Waals surface area contributed by atoms with Gasteiger partial charge in [-0.15, -0.1) is 0 Å². The molecule has 0 radical (unpaired) electrons. The van der Waals surface area contributed by atoms with E-state index in [1.165, 1.54) is 16.6 Å². The second-order valence-corrected chi connectivity index (χ2v) is 7.64. The predicted octanol–water partition coefficient (Wildman–Crippen LogP) is 2.53. The maximum atomic E-state index is 9.66. The molecule has 5 nitrogen and oxygen atoms in total. The summed E-state index contributed by atoms with van der Waals surface area (Å²) in [5.41, 5.74) is 2.43. The number of aromatic nitrogens is 1. The van der Waals surface area contributed by atoms with Crippen molar-refractivity contribution in [1.82, 2.24) is 14.8 Å². The van der Waals surface area contributed by atoms with Crippen molar-refractivity contribution in [3.05, 3.63) is 30.0 Å². The number of benzene rings is 1. The third kappa shape index (κ3) is 3.28. The first-order chi connectivity index (χ1) is 12.2. The van der Waals surface area contributed by atoms with Crippen LogP contribution in [-0.2, 0) is 6.54 Å². The number of aliphatic hydroxyl groups is 1. The lowest BCUT2D eigenvalue weighted by atomic mass is 10.1. The zero-order chi connectivity index (χ0) is 17.4. The average Bonchev–Trinajstić information content (AvgIpc) is 3.00. The highest BCUT2D eigenvalue weighted by molar-refractivity contribution is 5.83. The average molecular weight is 343 g/mol. The molecule has 1 fully saturated rings. The topological polar surface area (TPSA) is 49.7 Å². The smallest absolute Gasteiger partial charge is 0.120 e. The SMILES string of the molecule is CC(C)N1CCC(Oc2ccc3c(c2)cc2n3[C@H](CO)CNC2)CC1. The van der Waals surface area contributed by atoms with Crippen LogP contribution in [0.1, 0.15) is 38.4 Å². The lowest BCUT2D eigenvalue weighted by Gasteiger charge is -2.34. The van der Waals surface area contributed by atoms with Crippen molar-refractivity contribution < 1.29 is 9.84 Å². The van der Waals surface area contributed by atoms with Crippen LogP contribution < -0.4 is 10.1 Å². The number of rotatable bonds is 4. The summed E-state index contributed by atoms with van der Waals surface area (Å²) in [5.74, 6) is 0.965. The first kappa shape index (κ1) is 16.9. The van der Waals surface area contributed by atoms with Crippen molar-refractivity contribution in [1.29, 1.82) is 0 Å². The number of aliphatic hydroxyl groups excluding tert-OH is 1. The third-order valence-corrected chi connectivity index (χ3v) is 5.66. The highest BCUT2D eigenvalue weighted by Gasteiger charge is 2.23. The summed E-state index contributed by atoms with van der Waals surface area (Å²) in [6.45, 7) is 8.60. The van der Waals surface area contributed by atoms with Crippen LogP contribution >= 0.6 is 0 Å². The standard InChI is InChI=1S/C20H29N3O2/c1-14(2)22-7-5-18(6-8-22)25-19-3-4-20-15(10-19)9-16-11-21-12-17(13-24)23(16)20/h3-4,9-10,14,17-18,21,24H,5-8,11-13H2,1-2H3/t17-/m0/s1. The Bertz CT molecular complexity index is 732. The van der Waals surface area contributed by atoms with E-state index in [1.54, 1.807) is 0 Å². The molecule has 1 atom stereocenters. The summed E-state index contributed by atoms with van der Waals surface area (Å²) in [5, 5.41) is 14.2. The largest absolute Gasteiger partial charge is 0.490 e. The van der Waals surface area contributed by atoms with Crippen LogP contribution in [0.3, 0.4) is 0 Å². The predicted molar refractivity (Wildman–Crippen MR) is 100 cm³/mol. The number of hydrogen-bond acceptors (Lipinski definition) is 4. The number of ether oxygens (including phenoxy) is 1. The Hall–Kier alpha value is -1.56. The van der Waals surface area contributed by atoms with Gasteiger partial charge in [-0.3, -0.25) is 0 Å². The van der Waals surface area contributed by atoms with E-state index in [4.69, 9.17) is 4.74 Å². The third-order valence-electron chi connectivity index (χ3n) is 5.66. The normalized spacial score (nSPS) is 22.5. The Morgan fingerprint density at radius 1 is 1.24 bits per heavy atom. The molecule has 2 aromatic rings. The van der Waals surface area contributed by atoms with Gasteiger partial charge in [-0.2, -0.15) is 0 Å². The Morgan fingerprint density at radius 3 is 2.76 bits per heavy atom. The molecule has 0 amide bonds. The number of fused-ring (bicyclic) bond motifs is 3. The van der Waals surface area contributed by atoms with Gasteiger partial charge in [0.2, 0.25) is 0 Å². The Morgan fingerprint density at radius 2 is 2.04 bits per heavy atom. The molecule has 4 rings (SSSR count). The molecular formula is C20H29N3O2. The van der Waals surface area contributed by atoms with Gasteiger partial charge in [-0.1, -0.05) is 0 Å². The fourth-order valence-corrected chi connectivity index (χ4v) is 4.22. The van der Waals surface area contributed by atoms with Gasteiger partial charge in [-0.25, -0.2) is 0 Å². The van der Waals surface area contributed by atoms with Gasteiger partial charge in [0.15, 0.2) is 0 Å². The van der Waals surface area contributed by atoms with Gasteiger partial charge < -0.3 is 24.6 Å². The number of hydrogen-bond donors (Lipinski definition) is 2. The molecule has 3 heterocycles. The monoisotopic (exact) mass is 343 g/mol. The molecule has 0 unspecified atom stereocenters. The fourth-order valence-electron chi connectivity index (χ4n) is 4.22. The van der Waals surface area contributed by atoms with E-state index in [0.717, 1.165) is 44.8 Å². The molecule has 2 aliphatic heterocycles. The Kier molecular flexibility index (Phi) is 4.71. The van der Waals surface area contributed by atoms with E-state index < -0.39 is 0 Å². The number of likely N-dealkylation sites (tertiary alicyclic amines) is 1. The van der Waals surface area contributed by atoms with Gasteiger partial charge in [-0.05, 0) is 51.0 Å². The molecule has 0 saturated carbocycles. The van der Waals surface area contributed by atoms with Gasteiger partial charge >= 0.3 is 0 Å². The van der Waals surface area contributed by atoms with Crippen molar-refractivity contribution in [3.8, 4) is 5.75 Å². The van der Waals surface area contributed by atoms with E-state index >= 15 is 0 Å². The van der Waals surface area contributed by atoms with Gasteiger partial charge in [0.05, 0.1) is 12.6 Å². The van der Waals surface area contributed by atoms with E-state index in [2.05, 4.69) is 52.9 Å². The van der Waals surface area contributed by atoms with E-state index in [9.17, 15) is 5.11 Å². The lowest BCUT2D eigenvalue weighted by molar-refractivity contribution is 0.0844. The minimum atomic E-state index is 0.119. The summed E-state index contributed by atoms with van der Waals surface area (Å²) in [6, 6.07) is 9.35. The summed E-state index contributed by atoms with van der Waals surface area (Å²) in [6.07, 6.45) is 2.51. The number of nitrogens with zero attached hydrogens (tertiary/aromatic N) is 2. The molecule has 2 N–H and O–H groups in total. The van der Waals surface area contributed by atoms with Gasteiger partial charge in [0.1, 0.15) is 11.9 Å².